The van der Waals surface area contributed by atoms with Gasteiger partial charge in [-0.05, 0) is 49.9 Å². The summed E-state index contributed by atoms with van der Waals surface area (Å²) in [6.45, 7) is 5.89. The minimum atomic E-state index is -3.53. The lowest BCUT2D eigenvalue weighted by Crippen LogP contribution is -2.52. The zero-order chi connectivity index (χ0) is 20.8. The molecule has 8 heteroatoms. The Morgan fingerprint density at radius 3 is 2.03 bits per heavy atom. The van der Waals surface area contributed by atoms with Crippen LogP contribution in [0.3, 0.4) is 0 Å². The number of amides is 2. The van der Waals surface area contributed by atoms with Crippen molar-refractivity contribution in [2.24, 2.45) is 11.8 Å². The van der Waals surface area contributed by atoms with Gasteiger partial charge in [0.1, 0.15) is 0 Å². The normalized spacial score (nSPS) is 26.8. The first-order valence-corrected chi connectivity index (χ1v) is 11.9. The number of carbonyl (C=O) groups excluding carboxylic acids is 2. The van der Waals surface area contributed by atoms with Crippen LogP contribution in [-0.4, -0.2) is 67.2 Å². The van der Waals surface area contributed by atoms with E-state index in [0.717, 1.165) is 36.8 Å². The molecule has 2 saturated heterocycles. The van der Waals surface area contributed by atoms with Crippen molar-refractivity contribution in [2.75, 3.05) is 32.8 Å². The molecule has 2 atom stereocenters. The van der Waals surface area contributed by atoms with Gasteiger partial charge in [-0.2, -0.15) is 4.31 Å². The van der Waals surface area contributed by atoms with Crippen LogP contribution in [0, 0.1) is 25.7 Å². The van der Waals surface area contributed by atoms with E-state index in [2.05, 4.69) is 0 Å². The van der Waals surface area contributed by atoms with Crippen LogP contribution in [0.25, 0.3) is 0 Å². The van der Waals surface area contributed by atoms with E-state index in [4.69, 9.17) is 0 Å². The highest BCUT2D eigenvalue weighted by atomic mass is 32.2. The second kappa shape index (κ2) is 7.81. The van der Waals surface area contributed by atoms with Gasteiger partial charge in [0, 0.05) is 26.2 Å². The van der Waals surface area contributed by atoms with Crippen LogP contribution in [0.5, 0.6) is 0 Å². The van der Waals surface area contributed by atoms with E-state index in [1.807, 2.05) is 24.8 Å². The van der Waals surface area contributed by atoms with Gasteiger partial charge in [-0.3, -0.25) is 19.4 Å². The van der Waals surface area contributed by atoms with E-state index in [1.54, 1.807) is 12.1 Å². The Morgan fingerprint density at radius 1 is 0.897 bits per heavy atom. The molecule has 3 fully saturated rings. The predicted molar refractivity (Wildman–Crippen MR) is 108 cm³/mol. The second-order valence-electron chi connectivity index (χ2n) is 8.51. The van der Waals surface area contributed by atoms with E-state index < -0.39 is 10.0 Å². The van der Waals surface area contributed by atoms with Gasteiger partial charge in [-0.1, -0.05) is 18.9 Å². The number of aryl methyl sites for hydroxylation is 2. The van der Waals surface area contributed by atoms with E-state index in [1.165, 1.54) is 9.21 Å². The highest BCUT2D eigenvalue weighted by molar-refractivity contribution is 7.89. The van der Waals surface area contributed by atoms with E-state index in [0.29, 0.717) is 31.1 Å². The molecule has 0 bridgehead atoms. The van der Waals surface area contributed by atoms with Gasteiger partial charge in [-0.15, -0.1) is 0 Å². The molecule has 29 heavy (non-hydrogen) atoms. The second-order valence-corrected chi connectivity index (χ2v) is 10.4. The van der Waals surface area contributed by atoms with Crippen LogP contribution in [0.15, 0.2) is 23.1 Å². The van der Waals surface area contributed by atoms with Crippen molar-refractivity contribution in [2.45, 2.75) is 44.4 Å². The van der Waals surface area contributed by atoms with Crippen molar-refractivity contribution in [1.82, 2.24) is 14.1 Å². The van der Waals surface area contributed by atoms with Crippen LogP contribution < -0.4 is 0 Å². The Hall–Kier alpha value is -1.77. The summed E-state index contributed by atoms with van der Waals surface area (Å²) in [7, 11) is -3.53. The molecule has 3 aliphatic rings. The number of imide groups is 1. The number of hydrogen-bond acceptors (Lipinski definition) is 5. The van der Waals surface area contributed by atoms with Crippen molar-refractivity contribution in [1.29, 1.82) is 0 Å². The minimum Gasteiger partial charge on any atom is -0.283 e. The average Bonchev–Trinajstić information content (AvgIpc) is 2.95. The number of sulfonamides is 1. The lowest BCUT2D eigenvalue weighted by Gasteiger charge is -2.35. The number of hydrogen-bond donors (Lipinski definition) is 0. The number of likely N-dealkylation sites (tertiary alicyclic amines) is 1. The predicted octanol–water partition coefficient (Wildman–Crippen LogP) is 1.74. The Kier molecular flexibility index (Phi) is 5.52. The van der Waals surface area contributed by atoms with Gasteiger partial charge in [-0.25, -0.2) is 8.42 Å². The SMILES string of the molecule is Cc1ccc(S(=O)(=O)N2CCN(CN3C(=O)[C@@H]4CCCC[C@H]4C3=O)CC2)cc1C. The maximum absolute atomic E-state index is 13.0. The molecule has 0 radical (unpaired) electrons. The number of nitrogens with zero attached hydrogens (tertiary/aromatic N) is 3. The van der Waals surface area contributed by atoms with Gasteiger partial charge in [0.25, 0.3) is 0 Å². The van der Waals surface area contributed by atoms with Gasteiger partial charge >= 0.3 is 0 Å². The van der Waals surface area contributed by atoms with Crippen molar-refractivity contribution in [3.63, 3.8) is 0 Å². The summed E-state index contributed by atoms with van der Waals surface area (Å²) in [5.41, 5.74) is 2.02. The largest absolute Gasteiger partial charge is 0.283 e. The molecule has 1 aromatic carbocycles. The van der Waals surface area contributed by atoms with Gasteiger partial charge in [0.2, 0.25) is 21.8 Å². The van der Waals surface area contributed by atoms with E-state index >= 15 is 0 Å². The summed E-state index contributed by atoms with van der Waals surface area (Å²) in [4.78, 5) is 29.1. The van der Waals surface area contributed by atoms with Gasteiger partial charge in [0.15, 0.2) is 0 Å². The first kappa shape index (κ1) is 20.5. The third kappa shape index (κ3) is 3.73. The highest BCUT2D eigenvalue weighted by Gasteiger charge is 2.48. The molecule has 2 heterocycles. The minimum absolute atomic E-state index is 0.0371. The fraction of sp³-hybridized carbons (Fsp3) is 0.619. The van der Waals surface area contributed by atoms with Crippen LogP contribution in [0.4, 0.5) is 0 Å². The fourth-order valence-electron chi connectivity index (χ4n) is 4.71. The molecular weight excluding hydrogens is 390 g/mol. The fourth-order valence-corrected chi connectivity index (χ4v) is 6.21. The van der Waals surface area contributed by atoms with Crippen LogP contribution in [0.2, 0.25) is 0 Å². The van der Waals surface area contributed by atoms with Crippen molar-refractivity contribution in [3.8, 4) is 0 Å². The summed E-state index contributed by atoms with van der Waals surface area (Å²) >= 11 is 0. The summed E-state index contributed by atoms with van der Waals surface area (Å²) in [6, 6.07) is 5.22. The Balaban J connectivity index is 1.39. The first-order valence-electron chi connectivity index (χ1n) is 10.4. The summed E-state index contributed by atoms with van der Waals surface area (Å²) in [6.07, 6.45) is 3.66. The smallest absolute Gasteiger partial charge is 0.243 e. The summed E-state index contributed by atoms with van der Waals surface area (Å²) in [5.74, 6) is -0.347. The molecule has 0 spiro atoms. The number of piperazine rings is 1. The number of carbonyl (C=O) groups is 2. The topological polar surface area (TPSA) is 78.0 Å². The standard InChI is InChI=1S/C21H29N3O4S/c1-15-7-8-17(13-16(15)2)29(27,28)23-11-9-22(10-12-23)14-24-20(25)18-5-3-4-6-19(18)21(24)26/h7-8,13,18-19H,3-6,9-12,14H2,1-2H3/t18-,19-/m1/s1. The van der Waals surface area contributed by atoms with E-state index in [9.17, 15) is 18.0 Å². The molecule has 0 N–H and O–H groups in total. The molecule has 1 saturated carbocycles. The summed E-state index contributed by atoms with van der Waals surface area (Å²) < 4.78 is 27.4. The lowest BCUT2D eigenvalue weighted by atomic mass is 9.81. The third-order valence-electron chi connectivity index (χ3n) is 6.72. The number of fused-ring (bicyclic) bond motifs is 1. The first-order chi connectivity index (χ1) is 13.8. The maximum atomic E-state index is 13.0. The molecule has 1 aliphatic carbocycles. The van der Waals surface area contributed by atoms with Crippen molar-refractivity contribution < 1.29 is 18.0 Å². The average molecular weight is 420 g/mol. The van der Waals surface area contributed by atoms with E-state index in [-0.39, 0.29) is 30.3 Å². The van der Waals surface area contributed by atoms with Crippen LogP contribution in [0.1, 0.15) is 36.8 Å². The maximum Gasteiger partial charge on any atom is 0.243 e. The molecule has 158 valence electrons. The zero-order valence-electron chi connectivity index (χ0n) is 17.1. The number of rotatable bonds is 4. The quantitative estimate of drug-likeness (QED) is 0.695. The Morgan fingerprint density at radius 2 is 1.48 bits per heavy atom. The Labute approximate surface area is 172 Å². The monoisotopic (exact) mass is 419 g/mol. The van der Waals surface area contributed by atoms with Gasteiger partial charge < -0.3 is 0 Å². The molecule has 0 aromatic heterocycles. The molecule has 2 amide bonds. The zero-order valence-corrected chi connectivity index (χ0v) is 18.0. The number of benzene rings is 1. The lowest BCUT2D eigenvalue weighted by molar-refractivity contribution is -0.142. The molecule has 0 unspecified atom stereocenters. The third-order valence-corrected chi connectivity index (χ3v) is 8.62. The van der Waals surface area contributed by atoms with Gasteiger partial charge in [0.05, 0.1) is 23.4 Å². The Bertz CT molecular complexity index is 898. The molecule has 1 aromatic rings. The highest BCUT2D eigenvalue weighted by Crippen LogP contribution is 2.38. The molecule has 2 aliphatic heterocycles. The van der Waals surface area contributed by atoms with Crippen molar-refractivity contribution in [3.05, 3.63) is 29.3 Å². The van der Waals surface area contributed by atoms with Crippen LogP contribution in [-0.2, 0) is 19.6 Å². The molecular formula is C21H29N3O4S. The van der Waals surface area contributed by atoms with Crippen molar-refractivity contribution >= 4 is 21.8 Å². The molecule has 4 rings (SSSR count). The van der Waals surface area contributed by atoms with Crippen LogP contribution >= 0.6 is 0 Å². The summed E-state index contributed by atoms with van der Waals surface area (Å²) in [5, 5.41) is 0. The molecule has 7 nitrogen and oxygen atoms in total.